The summed E-state index contributed by atoms with van der Waals surface area (Å²) in [5.74, 6) is -0.453. The molecule has 3 aromatic heterocycles. The zero-order valence-corrected chi connectivity index (χ0v) is 19.4. The second-order valence-corrected chi connectivity index (χ2v) is 9.09. The van der Waals surface area contributed by atoms with Crippen LogP contribution in [0.4, 0.5) is 0 Å². The number of carbonyl (C=O) groups is 1. The van der Waals surface area contributed by atoms with Gasteiger partial charge in [-0.1, -0.05) is 13.8 Å². The number of aromatic nitrogens is 4. The average Bonchev–Trinajstić information content (AvgIpc) is 3.40. The minimum absolute atomic E-state index is 0.184. The zero-order valence-electron chi connectivity index (χ0n) is 18.6. The first-order valence-electron chi connectivity index (χ1n) is 10.3. The zero-order chi connectivity index (χ0) is 23.3. The molecule has 9 heteroatoms. The number of hydrogen-bond acceptors (Lipinski definition) is 5. The van der Waals surface area contributed by atoms with Crippen molar-refractivity contribution in [1.82, 2.24) is 24.5 Å². The minimum Gasteiger partial charge on any atom is -0.348 e. The first-order chi connectivity index (χ1) is 15.3. The SMILES string of the molecule is CC.Cc1cc(C(=O)NCc2ccn3ccnc3c2)ccc1S(=O)(=O)Cc1ccn(C)n1. The number of nitrogens with zero attached hydrogens (tertiary/aromatic N) is 4. The number of imidazole rings is 1. The summed E-state index contributed by atoms with van der Waals surface area (Å²) in [6, 6.07) is 10.1. The molecule has 168 valence electrons. The summed E-state index contributed by atoms with van der Waals surface area (Å²) in [6.45, 7) is 6.04. The molecular weight excluding hydrogens is 426 g/mol. The van der Waals surface area contributed by atoms with E-state index in [2.05, 4.69) is 15.4 Å². The first kappa shape index (κ1) is 23.2. The van der Waals surface area contributed by atoms with Crippen molar-refractivity contribution in [2.24, 2.45) is 7.05 Å². The van der Waals surface area contributed by atoms with E-state index in [0.717, 1.165) is 11.2 Å². The summed E-state index contributed by atoms with van der Waals surface area (Å²) in [5, 5.41) is 6.99. The van der Waals surface area contributed by atoms with E-state index in [9.17, 15) is 13.2 Å². The summed E-state index contributed by atoms with van der Waals surface area (Å²) < 4.78 is 29.0. The molecule has 0 aliphatic rings. The summed E-state index contributed by atoms with van der Waals surface area (Å²) >= 11 is 0. The number of carbonyl (C=O) groups excluding carboxylic acids is 1. The molecule has 1 amide bonds. The normalized spacial score (nSPS) is 11.1. The molecule has 0 atom stereocenters. The molecule has 8 nitrogen and oxygen atoms in total. The van der Waals surface area contributed by atoms with Crippen LogP contribution in [-0.4, -0.2) is 33.5 Å². The van der Waals surface area contributed by atoms with E-state index in [1.54, 1.807) is 43.2 Å². The van der Waals surface area contributed by atoms with Crippen molar-refractivity contribution in [2.75, 3.05) is 0 Å². The third kappa shape index (κ3) is 5.23. The lowest BCUT2D eigenvalue weighted by molar-refractivity contribution is 0.0950. The number of amides is 1. The van der Waals surface area contributed by atoms with Gasteiger partial charge < -0.3 is 9.72 Å². The van der Waals surface area contributed by atoms with Crippen molar-refractivity contribution < 1.29 is 13.2 Å². The Morgan fingerprint density at radius 3 is 2.53 bits per heavy atom. The molecule has 0 aliphatic heterocycles. The number of rotatable bonds is 6. The largest absolute Gasteiger partial charge is 0.348 e. The van der Waals surface area contributed by atoms with Gasteiger partial charge in [0.25, 0.3) is 5.91 Å². The van der Waals surface area contributed by atoms with E-state index < -0.39 is 9.84 Å². The van der Waals surface area contributed by atoms with Gasteiger partial charge in [-0.15, -0.1) is 0 Å². The second kappa shape index (κ2) is 9.78. The molecule has 0 radical (unpaired) electrons. The number of sulfone groups is 1. The van der Waals surface area contributed by atoms with Crippen LogP contribution in [0.15, 0.2) is 66.1 Å². The van der Waals surface area contributed by atoms with Gasteiger partial charge in [0, 0.05) is 43.9 Å². The van der Waals surface area contributed by atoms with Crippen LogP contribution in [0.5, 0.6) is 0 Å². The van der Waals surface area contributed by atoms with Crippen molar-refractivity contribution in [3.05, 3.63) is 83.6 Å². The van der Waals surface area contributed by atoms with Gasteiger partial charge in [-0.3, -0.25) is 9.48 Å². The number of fused-ring (bicyclic) bond motifs is 1. The van der Waals surface area contributed by atoms with E-state index in [4.69, 9.17) is 0 Å². The number of hydrogen-bond donors (Lipinski definition) is 1. The Hall–Kier alpha value is -3.46. The van der Waals surface area contributed by atoms with E-state index in [1.165, 1.54) is 12.1 Å². The average molecular weight is 454 g/mol. The van der Waals surface area contributed by atoms with E-state index in [0.29, 0.717) is 23.4 Å². The molecule has 0 unspecified atom stereocenters. The van der Waals surface area contributed by atoms with Crippen LogP contribution < -0.4 is 5.32 Å². The lowest BCUT2D eigenvalue weighted by atomic mass is 10.1. The maximum atomic E-state index is 12.8. The standard InChI is InChI=1S/C21H21N5O3S.C2H6/c1-15-11-17(3-4-19(15)30(28,29)14-18-6-8-25(2)24-18)21(27)23-13-16-5-9-26-10-7-22-20(26)12-16;1-2/h3-12H,13-14H2,1-2H3,(H,23,27);1-2H3. The summed E-state index contributed by atoms with van der Waals surface area (Å²) in [6.07, 6.45) is 7.15. The van der Waals surface area contributed by atoms with Gasteiger partial charge in [0.15, 0.2) is 9.84 Å². The molecule has 0 spiro atoms. The number of pyridine rings is 1. The smallest absolute Gasteiger partial charge is 0.251 e. The Kier molecular flexibility index (Phi) is 7.09. The van der Waals surface area contributed by atoms with Crippen LogP contribution in [-0.2, 0) is 29.2 Å². The summed E-state index contributed by atoms with van der Waals surface area (Å²) in [5.41, 5.74) is 3.14. The number of nitrogens with one attached hydrogen (secondary N) is 1. The van der Waals surface area contributed by atoms with Gasteiger partial charge in [-0.25, -0.2) is 13.4 Å². The highest BCUT2D eigenvalue weighted by molar-refractivity contribution is 7.90. The topological polar surface area (TPSA) is 98.4 Å². The maximum Gasteiger partial charge on any atom is 0.251 e. The molecule has 0 saturated heterocycles. The second-order valence-electron chi connectivity index (χ2n) is 7.13. The van der Waals surface area contributed by atoms with Gasteiger partial charge >= 0.3 is 0 Å². The molecule has 1 aromatic carbocycles. The highest BCUT2D eigenvalue weighted by atomic mass is 32.2. The Labute approximate surface area is 187 Å². The van der Waals surface area contributed by atoms with E-state index in [-0.39, 0.29) is 16.6 Å². The summed E-state index contributed by atoms with van der Waals surface area (Å²) in [7, 11) is -1.82. The first-order valence-corrected chi connectivity index (χ1v) is 12.0. The Morgan fingerprint density at radius 2 is 1.84 bits per heavy atom. The van der Waals surface area contributed by atoms with Gasteiger partial charge in [-0.2, -0.15) is 5.10 Å². The van der Waals surface area contributed by atoms with Crippen molar-refractivity contribution in [3.8, 4) is 0 Å². The fraction of sp³-hybridized carbons (Fsp3) is 0.261. The van der Waals surface area contributed by atoms with Gasteiger partial charge in [0.05, 0.1) is 16.3 Å². The van der Waals surface area contributed by atoms with Crippen LogP contribution in [0, 0.1) is 6.92 Å². The van der Waals surface area contributed by atoms with Crippen LogP contribution in [0.2, 0.25) is 0 Å². The quantitative estimate of drug-likeness (QED) is 0.483. The third-order valence-corrected chi connectivity index (χ3v) is 6.60. The third-order valence-electron chi connectivity index (χ3n) is 4.79. The van der Waals surface area contributed by atoms with Crippen molar-refractivity contribution in [3.63, 3.8) is 0 Å². The van der Waals surface area contributed by atoms with Gasteiger partial charge in [0.2, 0.25) is 0 Å². The van der Waals surface area contributed by atoms with Crippen molar-refractivity contribution >= 4 is 21.4 Å². The predicted octanol–water partition coefficient (Wildman–Crippen LogP) is 3.31. The summed E-state index contributed by atoms with van der Waals surface area (Å²) in [4.78, 5) is 17.0. The van der Waals surface area contributed by atoms with Gasteiger partial charge in [-0.05, 0) is 54.4 Å². The molecule has 0 bridgehead atoms. The van der Waals surface area contributed by atoms with E-state index >= 15 is 0 Å². The van der Waals surface area contributed by atoms with Crippen LogP contribution in [0.25, 0.3) is 5.65 Å². The molecule has 4 rings (SSSR count). The highest BCUT2D eigenvalue weighted by Gasteiger charge is 2.20. The molecule has 0 aliphatic carbocycles. The maximum absolute atomic E-state index is 12.8. The predicted molar refractivity (Wildman–Crippen MR) is 123 cm³/mol. The molecule has 4 aromatic rings. The number of aryl methyl sites for hydroxylation is 2. The van der Waals surface area contributed by atoms with Gasteiger partial charge in [0.1, 0.15) is 5.65 Å². The minimum atomic E-state index is -3.56. The highest BCUT2D eigenvalue weighted by Crippen LogP contribution is 2.21. The fourth-order valence-corrected chi connectivity index (χ4v) is 4.82. The van der Waals surface area contributed by atoms with Crippen LogP contribution >= 0.6 is 0 Å². The molecular formula is C23H27N5O3S. The Morgan fingerprint density at radius 1 is 1.06 bits per heavy atom. The lowest BCUT2D eigenvalue weighted by Crippen LogP contribution is -2.23. The molecule has 32 heavy (non-hydrogen) atoms. The monoisotopic (exact) mass is 453 g/mol. The Balaban J connectivity index is 0.00000141. The fourth-order valence-electron chi connectivity index (χ4n) is 3.30. The van der Waals surface area contributed by atoms with E-state index in [1.807, 2.05) is 42.8 Å². The Bertz CT molecular complexity index is 1340. The molecule has 3 heterocycles. The molecule has 0 fully saturated rings. The van der Waals surface area contributed by atoms with Crippen molar-refractivity contribution in [2.45, 2.75) is 38.0 Å². The molecule has 1 N–H and O–H groups in total. The molecule has 0 saturated carbocycles. The van der Waals surface area contributed by atoms with Crippen LogP contribution in [0.3, 0.4) is 0 Å². The lowest BCUT2D eigenvalue weighted by Gasteiger charge is -2.10. The van der Waals surface area contributed by atoms with Crippen LogP contribution in [0.1, 0.15) is 41.0 Å². The van der Waals surface area contributed by atoms with Crippen molar-refractivity contribution in [1.29, 1.82) is 0 Å². The number of benzene rings is 1.